The van der Waals surface area contributed by atoms with Gasteiger partial charge in [-0.1, -0.05) is 0 Å². The van der Waals surface area contributed by atoms with Crippen molar-refractivity contribution in [2.45, 2.75) is 68.8 Å². The standard InChI is InChI=1S/C45H51F4N13O6S/c1-43(2,67)24-61-22-27(19-53-61)38-33(45(47,48)49)21-52-42(57-38)55-35-6-4-30(18-34(35)46)69-54-12-16-68-23-28(58-50)20-51-11-15-59-13-9-44(10-14-59)25-60(26-44)29-3-5-31-32(17-29)41(66)62(40(31)65)36-7-8-37(63)56-39(36)64/h3-6,17-22,36,54,67H,7-16,23-26,50H2,1-2H3,(H,52,55,57)(H,56,63,64)/b51-20?,58-28+. The Morgan fingerprint density at radius 2 is 1.84 bits per heavy atom. The number of fused-ring (bicyclic) bond motifs is 1. The van der Waals surface area contributed by atoms with Crippen LogP contribution in [0.4, 0.5) is 34.9 Å². The molecule has 6 heterocycles. The lowest BCUT2D eigenvalue weighted by Crippen LogP contribution is -2.60. The molecule has 3 fully saturated rings. The fourth-order valence-corrected chi connectivity index (χ4v) is 9.34. The highest BCUT2D eigenvalue weighted by atomic mass is 32.2. The number of aromatic nitrogens is 4. The summed E-state index contributed by atoms with van der Waals surface area (Å²) in [5.74, 6) is 2.56. The fourth-order valence-electron chi connectivity index (χ4n) is 8.69. The Morgan fingerprint density at radius 1 is 1.07 bits per heavy atom. The number of rotatable bonds is 18. The number of hydrazone groups is 1. The maximum Gasteiger partial charge on any atom is 0.419 e. The first-order valence-electron chi connectivity index (χ1n) is 22.2. The lowest BCUT2D eigenvalue weighted by Gasteiger charge is -2.55. The van der Waals surface area contributed by atoms with Gasteiger partial charge < -0.3 is 30.8 Å². The number of carbonyl (C=O) groups is 4. The number of amides is 4. The van der Waals surface area contributed by atoms with Gasteiger partial charge in [0.25, 0.3) is 11.8 Å². The molecule has 69 heavy (non-hydrogen) atoms. The van der Waals surface area contributed by atoms with Gasteiger partial charge in [-0.15, -0.1) is 0 Å². The van der Waals surface area contributed by atoms with Gasteiger partial charge in [-0.25, -0.2) is 14.4 Å². The van der Waals surface area contributed by atoms with Gasteiger partial charge in [-0.3, -0.25) is 43.8 Å². The summed E-state index contributed by atoms with van der Waals surface area (Å²) in [6.45, 7) is 8.75. The van der Waals surface area contributed by atoms with Crippen LogP contribution in [-0.2, 0) is 27.0 Å². The van der Waals surface area contributed by atoms with E-state index in [0.717, 1.165) is 68.1 Å². The Bertz CT molecular complexity index is 2660. The number of nitrogens with one attached hydrogen (secondary N) is 3. The second-order valence-corrected chi connectivity index (χ2v) is 19.0. The number of hydrogen-bond donors (Lipinski definition) is 5. The SMILES string of the molecule is CC(C)(O)Cn1cc(-c2nc(Nc3ccc(SNCCOC/C(C=NCCN4CCC5(CC4)CN(c4ccc6c(c4)C(=O)N(C4CCC(=O)NC4=O)C6=O)C5)=N/N)cc3F)ncc2C(F)(F)F)cn1. The molecule has 1 spiro atoms. The highest BCUT2D eigenvalue weighted by Gasteiger charge is 2.47. The van der Waals surface area contributed by atoms with Crippen LogP contribution in [0.2, 0.25) is 0 Å². The van der Waals surface area contributed by atoms with Gasteiger partial charge in [-0.2, -0.15) is 23.4 Å². The van der Waals surface area contributed by atoms with Gasteiger partial charge in [0.1, 0.15) is 23.1 Å². The summed E-state index contributed by atoms with van der Waals surface area (Å²) >= 11 is 1.16. The second-order valence-electron chi connectivity index (χ2n) is 18.0. The molecular formula is C45H51F4N13O6S. The number of aliphatic imine (C=N–C) groups is 1. The van der Waals surface area contributed by atoms with E-state index in [1.54, 1.807) is 38.3 Å². The Labute approximate surface area is 398 Å². The lowest BCUT2D eigenvalue weighted by molar-refractivity contribution is -0.138. The number of carbonyl (C=O) groups excluding carboxylic acids is 4. The van der Waals surface area contributed by atoms with Crippen LogP contribution in [0.5, 0.6) is 0 Å². The normalized spacial score (nSPS) is 18.9. The van der Waals surface area contributed by atoms with Crippen LogP contribution >= 0.6 is 11.9 Å². The number of alkyl halides is 3. The molecule has 4 amide bonds. The number of ether oxygens (including phenoxy) is 1. The summed E-state index contributed by atoms with van der Waals surface area (Å²) in [6.07, 6.45) is 2.19. The first kappa shape index (κ1) is 49.1. The summed E-state index contributed by atoms with van der Waals surface area (Å²) in [5, 5.41) is 22.8. The van der Waals surface area contributed by atoms with Gasteiger partial charge in [0.05, 0.1) is 60.6 Å². The number of likely N-dealkylation sites (tertiary alicyclic amines) is 1. The summed E-state index contributed by atoms with van der Waals surface area (Å²) in [7, 11) is 0. The molecule has 2 aromatic carbocycles. The molecule has 4 aliphatic rings. The van der Waals surface area contributed by atoms with E-state index in [9.17, 15) is 37.5 Å². The smallest absolute Gasteiger partial charge is 0.389 e. The second kappa shape index (κ2) is 20.3. The maximum absolute atomic E-state index is 15.1. The van der Waals surface area contributed by atoms with E-state index in [1.807, 2.05) is 6.07 Å². The van der Waals surface area contributed by atoms with Crippen molar-refractivity contribution < 1.29 is 46.6 Å². The number of hydrogen-bond acceptors (Lipinski definition) is 17. The molecule has 8 rings (SSSR count). The van der Waals surface area contributed by atoms with Gasteiger partial charge in [-0.05, 0) is 94.5 Å². The van der Waals surface area contributed by atoms with Crippen molar-refractivity contribution in [3.63, 3.8) is 0 Å². The molecule has 19 nitrogen and oxygen atoms in total. The van der Waals surface area contributed by atoms with Crippen molar-refractivity contribution in [2.24, 2.45) is 21.4 Å². The van der Waals surface area contributed by atoms with E-state index in [-0.39, 0.29) is 66.3 Å². The molecule has 2 aromatic heterocycles. The van der Waals surface area contributed by atoms with E-state index in [4.69, 9.17) is 10.6 Å². The van der Waals surface area contributed by atoms with Crippen LogP contribution in [0.1, 0.15) is 65.8 Å². The minimum atomic E-state index is -4.77. The van der Waals surface area contributed by atoms with E-state index in [0.29, 0.717) is 29.9 Å². The first-order chi connectivity index (χ1) is 32.9. The van der Waals surface area contributed by atoms with Gasteiger partial charge in [0.2, 0.25) is 17.8 Å². The van der Waals surface area contributed by atoms with Crippen LogP contribution < -0.4 is 26.1 Å². The highest BCUT2D eigenvalue weighted by Crippen LogP contribution is 2.44. The molecule has 366 valence electrons. The van der Waals surface area contributed by atoms with Crippen molar-refractivity contribution >= 4 is 64.8 Å². The van der Waals surface area contributed by atoms with E-state index in [1.165, 1.54) is 29.2 Å². The van der Waals surface area contributed by atoms with Crippen LogP contribution in [0.15, 0.2) is 70.0 Å². The minimum Gasteiger partial charge on any atom is -0.389 e. The summed E-state index contributed by atoms with van der Waals surface area (Å²) in [5.41, 5.74) is -0.681. The molecule has 4 aromatic rings. The third-order valence-corrected chi connectivity index (χ3v) is 13.1. The van der Waals surface area contributed by atoms with Crippen molar-refractivity contribution in [1.29, 1.82) is 0 Å². The van der Waals surface area contributed by atoms with Crippen LogP contribution in [-0.4, -0.2) is 141 Å². The van der Waals surface area contributed by atoms with Crippen molar-refractivity contribution in [3.05, 3.63) is 77.5 Å². The topological polar surface area (TPSA) is 238 Å². The summed E-state index contributed by atoms with van der Waals surface area (Å²) in [4.78, 5) is 68.8. The molecule has 0 saturated carbocycles. The molecule has 4 aliphatic heterocycles. The van der Waals surface area contributed by atoms with Crippen LogP contribution in [0.3, 0.4) is 0 Å². The quantitative estimate of drug-likeness (QED) is 0.0180. The Kier molecular flexibility index (Phi) is 14.5. The molecular weight excluding hydrogens is 927 g/mol. The predicted octanol–water partition coefficient (Wildman–Crippen LogP) is 4.01. The number of imide groups is 2. The van der Waals surface area contributed by atoms with Gasteiger partial charge in [0, 0.05) is 72.8 Å². The van der Waals surface area contributed by atoms with Crippen LogP contribution in [0.25, 0.3) is 11.3 Å². The molecule has 0 bridgehead atoms. The predicted molar refractivity (Wildman–Crippen MR) is 247 cm³/mol. The number of benzene rings is 2. The number of piperidine rings is 2. The molecule has 0 radical (unpaired) electrons. The van der Waals surface area contributed by atoms with E-state index in [2.05, 4.69) is 50.3 Å². The number of aliphatic hydroxyl groups is 1. The van der Waals surface area contributed by atoms with Crippen molar-refractivity contribution in [3.8, 4) is 11.3 Å². The third-order valence-electron chi connectivity index (χ3n) is 12.2. The van der Waals surface area contributed by atoms with E-state index >= 15 is 4.39 Å². The zero-order chi connectivity index (χ0) is 49.1. The molecule has 3 saturated heterocycles. The van der Waals surface area contributed by atoms with Crippen molar-refractivity contribution in [1.82, 2.24) is 39.6 Å². The molecule has 6 N–H and O–H groups in total. The monoisotopic (exact) mass is 977 g/mol. The molecule has 24 heteroatoms. The Balaban J connectivity index is 0.715. The zero-order valence-electron chi connectivity index (χ0n) is 37.8. The molecule has 1 unspecified atom stereocenters. The average Bonchev–Trinajstić information content (AvgIpc) is 3.85. The number of nitrogens with zero attached hydrogens (tertiary/aromatic N) is 9. The minimum absolute atomic E-state index is 0.0353. The van der Waals surface area contributed by atoms with Crippen molar-refractivity contribution in [2.75, 3.05) is 69.2 Å². The number of anilines is 3. The van der Waals surface area contributed by atoms with E-state index < -0.39 is 58.5 Å². The first-order valence-corrected chi connectivity index (χ1v) is 23.0. The largest absolute Gasteiger partial charge is 0.419 e. The Hall–Kier alpha value is -6.34. The number of halogens is 4. The molecule has 1 atom stereocenters. The maximum atomic E-state index is 15.1. The molecule has 0 aliphatic carbocycles. The average molecular weight is 978 g/mol. The Morgan fingerprint density at radius 3 is 2.55 bits per heavy atom. The highest BCUT2D eigenvalue weighted by molar-refractivity contribution is 7.97. The summed E-state index contributed by atoms with van der Waals surface area (Å²) in [6, 6.07) is 8.51. The van der Waals surface area contributed by atoms with Gasteiger partial charge >= 0.3 is 6.18 Å². The lowest BCUT2D eigenvalue weighted by atomic mass is 9.71. The third kappa shape index (κ3) is 11.6. The van der Waals surface area contributed by atoms with Crippen LogP contribution in [0, 0.1) is 11.2 Å². The fraction of sp³-hybridized carbons (Fsp3) is 0.444. The zero-order valence-corrected chi connectivity index (χ0v) is 38.6. The number of nitrogens with two attached hydrogens (primary N) is 1. The van der Waals surface area contributed by atoms with Gasteiger partial charge in [0.15, 0.2) is 0 Å². The summed E-state index contributed by atoms with van der Waals surface area (Å²) < 4.78 is 66.8.